The Kier molecular flexibility index (Phi) is 7.92. The van der Waals surface area contributed by atoms with Crippen LogP contribution in [0.3, 0.4) is 0 Å². The predicted octanol–water partition coefficient (Wildman–Crippen LogP) is -4.17. The molecule has 0 heterocycles. The number of carbonyl (C=O) groups is 2. The van der Waals surface area contributed by atoms with E-state index in [1.807, 2.05) is 10.6 Å². The van der Waals surface area contributed by atoms with Crippen molar-refractivity contribution in [1.82, 2.24) is 20.9 Å². The van der Waals surface area contributed by atoms with E-state index in [0.29, 0.717) is 4.90 Å². The molecule has 0 bridgehead atoms. The molecule has 17 heavy (non-hydrogen) atoms. The topological polar surface area (TPSA) is 154 Å². The summed E-state index contributed by atoms with van der Waals surface area (Å²) in [6.45, 7) is -2.80. The molecule has 0 aromatic rings. The summed E-state index contributed by atoms with van der Waals surface area (Å²) < 4.78 is 0. The van der Waals surface area contributed by atoms with Crippen LogP contribution in [0.5, 0.6) is 0 Å². The lowest BCUT2D eigenvalue weighted by Crippen LogP contribution is -2.59. The van der Waals surface area contributed by atoms with Crippen LogP contribution in [0, 0.1) is 0 Å². The van der Waals surface area contributed by atoms with Crippen LogP contribution in [0.15, 0.2) is 0 Å². The average molecular weight is 252 g/mol. The van der Waals surface area contributed by atoms with Gasteiger partial charge in [0, 0.05) is 0 Å². The highest BCUT2D eigenvalue weighted by Crippen LogP contribution is 1.96. The number of hydrogen-bond donors (Lipinski definition) is 7. The van der Waals surface area contributed by atoms with Gasteiger partial charge in [0.05, 0.1) is 6.73 Å². The number of carbonyl (C=O) groups excluding carboxylic acids is 2. The summed E-state index contributed by atoms with van der Waals surface area (Å²) in [5.41, 5.74) is 0. The molecule has 0 aliphatic heterocycles. The van der Waals surface area contributed by atoms with Crippen molar-refractivity contribution in [3.8, 4) is 0 Å². The summed E-state index contributed by atoms with van der Waals surface area (Å²) >= 11 is 0. The second kappa shape index (κ2) is 8.66. The first-order valence-electron chi connectivity index (χ1n) is 4.61. The minimum absolute atomic E-state index is 0.609. The van der Waals surface area contributed by atoms with Gasteiger partial charge in [-0.25, -0.2) is 4.79 Å². The zero-order chi connectivity index (χ0) is 13.3. The van der Waals surface area contributed by atoms with E-state index >= 15 is 0 Å². The van der Waals surface area contributed by atoms with Crippen molar-refractivity contribution < 1.29 is 30.0 Å². The lowest BCUT2D eigenvalue weighted by Gasteiger charge is -2.28. The maximum Gasteiger partial charge on any atom is 0.322 e. The summed E-state index contributed by atoms with van der Waals surface area (Å²) in [7, 11) is 0. The minimum atomic E-state index is -1.39. The monoisotopic (exact) mass is 252 g/mol. The van der Waals surface area contributed by atoms with Crippen LogP contribution in [0.4, 0.5) is 4.79 Å². The van der Waals surface area contributed by atoms with Crippen LogP contribution in [0.25, 0.3) is 0 Å². The van der Waals surface area contributed by atoms with E-state index in [-0.39, 0.29) is 0 Å². The summed E-state index contributed by atoms with van der Waals surface area (Å²) in [6.07, 6.45) is -1.39. The molecule has 7 N–H and O–H groups in total. The van der Waals surface area contributed by atoms with Gasteiger partial charge in [0.15, 0.2) is 6.17 Å². The molecule has 0 radical (unpaired) electrons. The van der Waals surface area contributed by atoms with Crippen LogP contribution in [-0.2, 0) is 4.79 Å². The van der Waals surface area contributed by atoms with E-state index in [1.54, 1.807) is 0 Å². The van der Waals surface area contributed by atoms with Gasteiger partial charge < -0.3 is 31.1 Å². The molecule has 3 amide bonds. The van der Waals surface area contributed by atoms with Crippen LogP contribution >= 0.6 is 0 Å². The van der Waals surface area contributed by atoms with Crippen molar-refractivity contribution in [3.05, 3.63) is 0 Å². The molecule has 10 heteroatoms. The zero-order valence-corrected chi connectivity index (χ0v) is 8.96. The Bertz CT molecular complexity index is 251. The van der Waals surface area contributed by atoms with Crippen molar-refractivity contribution >= 4 is 11.9 Å². The number of amides is 3. The Morgan fingerprint density at radius 1 is 1.00 bits per heavy atom. The van der Waals surface area contributed by atoms with E-state index in [2.05, 4.69) is 5.32 Å². The second-order valence-electron chi connectivity index (χ2n) is 2.72. The third-order valence-electron chi connectivity index (χ3n) is 1.74. The van der Waals surface area contributed by atoms with E-state index < -0.39 is 45.0 Å². The van der Waals surface area contributed by atoms with Crippen LogP contribution in [0.1, 0.15) is 0 Å². The zero-order valence-electron chi connectivity index (χ0n) is 8.96. The molecule has 1 unspecified atom stereocenters. The third-order valence-corrected chi connectivity index (χ3v) is 1.74. The van der Waals surface area contributed by atoms with Gasteiger partial charge in [-0.05, 0) is 0 Å². The van der Waals surface area contributed by atoms with Gasteiger partial charge in [0.1, 0.15) is 20.2 Å². The largest absolute Gasteiger partial charge is 0.381 e. The predicted molar refractivity (Wildman–Crippen MR) is 53.8 cm³/mol. The highest BCUT2D eigenvalue weighted by molar-refractivity contribution is 5.86. The molecule has 0 fully saturated rings. The van der Waals surface area contributed by atoms with E-state index in [4.69, 9.17) is 20.4 Å². The van der Waals surface area contributed by atoms with Gasteiger partial charge >= 0.3 is 6.03 Å². The highest BCUT2D eigenvalue weighted by atomic mass is 16.3. The summed E-state index contributed by atoms with van der Waals surface area (Å²) in [6, 6.07) is -0.922. The van der Waals surface area contributed by atoms with Gasteiger partial charge in [0.2, 0.25) is 0 Å². The Morgan fingerprint density at radius 3 is 2.00 bits per heavy atom. The maximum atomic E-state index is 11.4. The van der Waals surface area contributed by atoms with E-state index in [1.165, 1.54) is 0 Å². The van der Waals surface area contributed by atoms with Crippen LogP contribution in [-0.4, -0.2) is 70.4 Å². The number of nitrogens with one attached hydrogen (secondary N) is 3. The van der Waals surface area contributed by atoms with Gasteiger partial charge in [-0.15, -0.1) is 0 Å². The van der Waals surface area contributed by atoms with Crippen molar-refractivity contribution in [2.24, 2.45) is 0 Å². The van der Waals surface area contributed by atoms with Gasteiger partial charge in [-0.3, -0.25) is 15.0 Å². The Balaban J connectivity index is 4.72. The molecule has 0 spiro atoms. The quantitative estimate of drug-likeness (QED) is 0.227. The fourth-order valence-electron chi connectivity index (χ4n) is 1.04. The van der Waals surface area contributed by atoms with Crippen LogP contribution in [0.2, 0.25) is 0 Å². The first kappa shape index (κ1) is 15.5. The molecule has 10 nitrogen and oxygen atoms in total. The van der Waals surface area contributed by atoms with Gasteiger partial charge in [0.25, 0.3) is 5.91 Å². The van der Waals surface area contributed by atoms with Gasteiger partial charge in [-0.2, -0.15) is 0 Å². The molecule has 0 aliphatic rings. The summed E-state index contributed by atoms with van der Waals surface area (Å²) in [4.78, 5) is 23.3. The van der Waals surface area contributed by atoms with Crippen molar-refractivity contribution in [2.45, 2.75) is 6.17 Å². The van der Waals surface area contributed by atoms with Crippen LogP contribution < -0.4 is 16.0 Å². The number of hydrogen-bond acceptors (Lipinski definition) is 7. The standard InChI is InChI=1S/C7H16N4O6/c12-1-8-5(6(16)9-2-13)11(4-15)7(17)10-3-14/h5,8,12-15H,1-4H2,(H,9,16)(H,10,17). The van der Waals surface area contributed by atoms with Crippen molar-refractivity contribution in [1.29, 1.82) is 0 Å². The van der Waals surface area contributed by atoms with E-state index in [0.717, 1.165) is 0 Å². The molecule has 0 rings (SSSR count). The number of nitrogens with zero attached hydrogens (tertiary/aromatic N) is 1. The smallest absolute Gasteiger partial charge is 0.322 e. The fraction of sp³-hybridized carbons (Fsp3) is 0.714. The highest BCUT2D eigenvalue weighted by Gasteiger charge is 2.28. The third kappa shape index (κ3) is 4.93. The lowest BCUT2D eigenvalue weighted by molar-refractivity contribution is -0.129. The van der Waals surface area contributed by atoms with E-state index in [9.17, 15) is 9.59 Å². The first-order valence-corrected chi connectivity index (χ1v) is 4.61. The SMILES string of the molecule is O=C(NCO)C(NCO)N(CO)C(=O)NCO. The molecule has 0 aromatic carbocycles. The summed E-state index contributed by atoms with van der Waals surface area (Å²) in [5.74, 6) is -0.830. The maximum absolute atomic E-state index is 11.4. The number of aliphatic hydroxyl groups is 4. The molecule has 0 aliphatic carbocycles. The summed E-state index contributed by atoms with van der Waals surface area (Å²) in [5, 5.41) is 40.8. The molecule has 100 valence electrons. The lowest BCUT2D eigenvalue weighted by atomic mass is 10.4. The normalized spacial score (nSPS) is 11.8. The van der Waals surface area contributed by atoms with Crippen molar-refractivity contribution in [3.63, 3.8) is 0 Å². The second-order valence-corrected chi connectivity index (χ2v) is 2.72. The number of aliphatic hydroxyl groups excluding tert-OH is 4. The first-order chi connectivity index (χ1) is 8.12. The number of rotatable bonds is 7. The molecule has 1 atom stereocenters. The molecule has 0 saturated carbocycles. The molecule has 0 saturated heterocycles. The fourth-order valence-corrected chi connectivity index (χ4v) is 1.04. The molecular weight excluding hydrogens is 236 g/mol. The molecular formula is C7H16N4O6. The minimum Gasteiger partial charge on any atom is -0.381 e. The Labute approximate surface area is 96.8 Å². The van der Waals surface area contributed by atoms with Gasteiger partial charge in [-0.1, -0.05) is 0 Å². The average Bonchev–Trinajstić information content (AvgIpc) is 2.29. The number of urea groups is 1. The van der Waals surface area contributed by atoms with Crippen molar-refractivity contribution in [2.75, 3.05) is 26.9 Å². The molecule has 0 aromatic heterocycles. The Hall–Kier alpha value is -1.46. The Morgan fingerprint density at radius 2 is 1.59 bits per heavy atom.